The van der Waals surface area contributed by atoms with Gasteiger partial charge in [-0.2, -0.15) is 5.26 Å². The van der Waals surface area contributed by atoms with Crippen molar-refractivity contribution < 1.29 is 14.9 Å². The third-order valence-electron chi connectivity index (χ3n) is 1.62. The molecule has 60 valence electrons. The van der Waals surface area contributed by atoms with Crippen molar-refractivity contribution in [3.63, 3.8) is 0 Å². The second-order valence-electron chi connectivity index (χ2n) is 2.32. The maximum Gasteiger partial charge on any atom is 0.358 e. The van der Waals surface area contributed by atoms with E-state index in [9.17, 15) is 4.79 Å². The van der Waals surface area contributed by atoms with Crippen LogP contribution in [0.3, 0.4) is 0 Å². The first kappa shape index (κ1) is 9.39. The van der Waals surface area contributed by atoms with Crippen molar-refractivity contribution in [2.75, 3.05) is 0 Å². The van der Waals surface area contributed by atoms with E-state index in [0.29, 0.717) is 0 Å². The molecule has 0 rings (SSSR count). The van der Waals surface area contributed by atoms with Gasteiger partial charge < -0.3 is 5.73 Å². The molecule has 0 fully saturated rings. The maximum atomic E-state index is 10.5. The molecule has 0 aliphatic heterocycles. The molecule has 0 spiro atoms. The van der Waals surface area contributed by atoms with Crippen LogP contribution in [-0.4, -0.2) is 17.3 Å². The highest BCUT2D eigenvalue weighted by Gasteiger charge is 2.20. The summed E-state index contributed by atoms with van der Waals surface area (Å²) in [5.74, 6) is -0.728. The Morgan fingerprint density at radius 1 is 1.80 bits per heavy atom. The second-order valence-corrected chi connectivity index (χ2v) is 2.32. The number of nitrogens with two attached hydrogens (primary N) is 1. The quantitative estimate of drug-likeness (QED) is 0.447. The Morgan fingerprint density at radius 3 is 2.60 bits per heavy atom. The lowest BCUT2D eigenvalue weighted by Crippen LogP contribution is -2.37. The highest BCUT2D eigenvalue weighted by Crippen LogP contribution is 2.05. The first-order valence-electron chi connectivity index (χ1n) is 3.24. The molecule has 2 atom stereocenters. The van der Waals surface area contributed by atoms with E-state index >= 15 is 0 Å². The summed E-state index contributed by atoms with van der Waals surface area (Å²) >= 11 is 0. The van der Waals surface area contributed by atoms with Gasteiger partial charge in [-0.25, -0.2) is 4.79 Å². The van der Waals surface area contributed by atoms with Gasteiger partial charge >= 0.3 is 5.97 Å². The Balaban J connectivity index is 3.81. The van der Waals surface area contributed by atoms with E-state index in [0.717, 1.165) is 6.42 Å². The first-order chi connectivity index (χ1) is 4.63. The van der Waals surface area contributed by atoms with Crippen molar-refractivity contribution in [2.24, 2.45) is 11.7 Å². The Kier molecular flexibility index (Phi) is 3.99. The number of hydrogen-bond acceptors (Lipinski definition) is 4. The summed E-state index contributed by atoms with van der Waals surface area (Å²) in [7, 11) is 0. The highest BCUT2D eigenvalue weighted by atomic mass is 17.1. The minimum atomic E-state index is -0.769. The Labute approximate surface area is 59.9 Å². The van der Waals surface area contributed by atoms with Crippen molar-refractivity contribution in [1.29, 1.82) is 0 Å². The summed E-state index contributed by atoms with van der Waals surface area (Å²) in [6.45, 7) is 3.73. The van der Waals surface area contributed by atoms with Gasteiger partial charge in [0.2, 0.25) is 0 Å². The number of carbonyl (C=O) groups excluding carboxylic acids is 1. The molecular weight excluding hydrogens is 134 g/mol. The molecule has 4 heteroatoms. The maximum absolute atomic E-state index is 10.5. The molecule has 0 saturated heterocycles. The molecule has 0 aromatic heterocycles. The van der Waals surface area contributed by atoms with E-state index in [-0.39, 0.29) is 5.92 Å². The summed E-state index contributed by atoms with van der Waals surface area (Å²) < 4.78 is 0. The highest BCUT2D eigenvalue weighted by molar-refractivity contribution is 5.75. The lowest BCUT2D eigenvalue weighted by molar-refractivity contribution is -0.236. The molecule has 0 saturated carbocycles. The second kappa shape index (κ2) is 4.24. The summed E-state index contributed by atoms with van der Waals surface area (Å²) in [6, 6.07) is -0.713. The number of hydrogen-bond donors (Lipinski definition) is 2. The average Bonchev–Trinajstić information content (AvgIpc) is 2.00. The molecule has 0 radical (unpaired) electrons. The van der Waals surface area contributed by atoms with Crippen LogP contribution in [0.15, 0.2) is 0 Å². The molecular formula is C6H13NO3. The fourth-order valence-electron chi connectivity index (χ4n) is 0.547. The van der Waals surface area contributed by atoms with Gasteiger partial charge in [0.05, 0.1) is 0 Å². The molecule has 3 N–H and O–H groups in total. The minimum absolute atomic E-state index is 0.0413. The van der Waals surface area contributed by atoms with Crippen molar-refractivity contribution in [3.05, 3.63) is 0 Å². The van der Waals surface area contributed by atoms with Gasteiger partial charge in [0.1, 0.15) is 6.04 Å². The monoisotopic (exact) mass is 147 g/mol. The zero-order valence-corrected chi connectivity index (χ0v) is 6.20. The van der Waals surface area contributed by atoms with E-state index in [2.05, 4.69) is 4.89 Å². The van der Waals surface area contributed by atoms with Crippen molar-refractivity contribution in [2.45, 2.75) is 26.3 Å². The van der Waals surface area contributed by atoms with Gasteiger partial charge in [0.25, 0.3) is 0 Å². The van der Waals surface area contributed by atoms with Gasteiger partial charge in [-0.3, -0.25) is 4.89 Å². The van der Waals surface area contributed by atoms with Crippen molar-refractivity contribution in [1.82, 2.24) is 0 Å². The normalized spacial score (nSPS) is 16.0. The summed E-state index contributed by atoms with van der Waals surface area (Å²) in [6.07, 6.45) is 0.788. The fourth-order valence-corrected chi connectivity index (χ4v) is 0.547. The largest absolute Gasteiger partial charge is 0.358 e. The smallest absolute Gasteiger partial charge is 0.318 e. The molecule has 4 nitrogen and oxygen atoms in total. The molecule has 0 aromatic rings. The predicted octanol–water partition coefficient (Wildman–Crippen LogP) is 0.376. The van der Waals surface area contributed by atoms with Crippen LogP contribution in [0.2, 0.25) is 0 Å². The topological polar surface area (TPSA) is 72.6 Å². The fraction of sp³-hybridized carbons (Fsp3) is 0.833. The van der Waals surface area contributed by atoms with Crippen LogP contribution in [0.4, 0.5) is 0 Å². The zero-order valence-electron chi connectivity index (χ0n) is 6.20. The first-order valence-corrected chi connectivity index (χ1v) is 3.24. The summed E-state index contributed by atoms with van der Waals surface area (Å²) in [4.78, 5) is 14.0. The Hall–Kier alpha value is -0.610. The third kappa shape index (κ3) is 2.33. The van der Waals surface area contributed by atoms with Crippen molar-refractivity contribution >= 4 is 5.97 Å². The summed E-state index contributed by atoms with van der Waals surface area (Å²) in [5.41, 5.74) is 5.35. The van der Waals surface area contributed by atoms with Gasteiger partial charge in [-0.15, -0.1) is 0 Å². The molecule has 0 aliphatic rings. The van der Waals surface area contributed by atoms with Crippen LogP contribution in [-0.2, 0) is 9.68 Å². The van der Waals surface area contributed by atoms with E-state index in [1.807, 2.05) is 13.8 Å². The van der Waals surface area contributed by atoms with E-state index in [1.54, 1.807) is 0 Å². The van der Waals surface area contributed by atoms with Crippen molar-refractivity contribution in [3.8, 4) is 0 Å². The average molecular weight is 147 g/mol. The summed E-state index contributed by atoms with van der Waals surface area (Å²) in [5, 5.41) is 7.92. The molecule has 0 bridgehead atoms. The van der Waals surface area contributed by atoms with E-state index in [1.165, 1.54) is 0 Å². The Bertz CT molecular complexity index is 116. The number of carbonyl (C=O) groups is 1. The van der Waals surface area contributed by atoms with Crippen LogP contribution >= 0.6 is 0 Å². The molecule has 0 aliphatic carbocycles. The van der Waals surface area contributed by atoms with Crippen LogP contribution in [0.1, 0.15) is 20.3 Å². The van der Waals surface area contributed by atoms with E-state index < -0.39 is 12.0 Å². The number of rotatable bonds is 3. The van der Waals surface area contributed by atoms with Gasteiger partial charge in [0.15, 0.2) is 0 Å². The third-order valence-corrected chi connectivity index (χ3v) is 1.62. The zero-order chi connectivity index (χ0) is 8.15. The van der Waals surface area contributed by atoms with Crippen LogP contribution in [0, 0.1) is 5.92 Å². The lowest BCUT2D eigenvalue weighted by atomic mass is 10.0. The standard InChI is InChI=1S/C6H13NO3/c1-3-4(2)5(7)6(8)10-9/h4-5,9H,3,7H2,1-2H3/t4-,5-/m0/s1. The van der Waals surface area contributed by atoms with Crippen LogP contribution in [0.5, 0.6) is 0 Å². The Morgan fingerprint density at radius 2 is 2.30 bits per heavy atom. The molecule has 0 aromatic carbocycles. The predicted molar refractivity (Wildman–Crippen MR) is 36.2 cm³/mol. The molecule has 0 unspecified atom stereocenters. The van der Waals surface area contributed by atoms with Gasteiger partial charge in [-0.05, 0) is 5.92 Å². The van der Waals surface area contributed by atoms with Gasteiger partial charge in [-0.1, -0.05) is 20.3 Å². The van der Waals surface area contributed by atoms with Crippen LogP contribution in [0.25, 0.3) is 0 Å². The van der Waals surface area contributed by atoms with E-state index in [4.69, 9.17) is 11.0 Å². The molecule has 0 amide bonds. The van der Waals surface area contributed by atoms with Crippen LogP contribution < -0.4 is 5.73 Å². The molecule has 10 heavy (non-hydrogen) atoms. The SMILES string of the molecule is CC[C@H](C)[C@H](N)C(=O)OO. The van der Waals surface area contributed by atoms with Gasteiger partial charge in [0, 0.05) is 0 Å². The molecule has 0 heterocycles. The minimum Gasteiger partial charge on any atom is -0.318 e. The lowest BCUT2D eigenvalue weighted by Gasteiger charge is -2.13.